The van der Waals surface area contributed by atoms with Crippen molar-refractivity contribution in [2.24, 2.45) is 0 Å². The highest BCUT2D eigenvalue weighted by Crippen LogP contribution is 2.22. The Hall–Kier alpha value is -5.31. The molecule has 0 unspecified atom stereocenters. The Morgan fingerprint density at radius 1 is 0.892 bits per heavy atom. The van der Waals surface area contributed by atoms with Gasteiger partial charge in [0, 0.05) is 22.9 Å². The maximum atomic E-state index is 13.2. The third kappa shape index (κ3) is 5.68. The van der Waals surface area contributed by atoms with Crippen LogP contribution in [0.25, 0.3) is 23.2 Å². The van der Waals surface area contributed by atoms with Gasteiger partial charge in [-0.2, -0.15) is 4.68 Å². The number of carbonyl (C=O) groups is 2. The maximum absolute atomic E-state index is 13.2. The van der Waals surface area contributed by atoms with Gasteiger partial charge in [-0.3, -0.25) is 4.79 Å². The molecule has 1 N–H and O–H groups in total. The fourth-order valence-corrected chi connectivity index (χ4v) is 3.53. The van der Waals surface area contributed by atoms with Crippen molar-refractivity contribution in [3.8, 4) is 11.4 Å². The summed E-state index contributed by atoms with van der Waals surface area (Å²) in [5.74, 6) is -0.0586. The minimum atomic E-state index is -0.647. The number of nitrogens with one attached hydrogen (secondary N) is 1. The van der Waals surface area contributed by atoms with Crippen molar-refractivity contribution in [2.75, 3.05) is 5.32 Å². The third-order valence-corrected chi connectivity index (χ3v) is 5.38. The predicted molar refractivity (Wildman–Crippen MR) is 137 cm³/mol. The zero-order valence-electron chi connectivity index (χ0n) is 19.5. The molecule has 5 aromatic rings. The first-order valence-electron chi connectivity index (χ1n) is 11.4. The number of ether oxygens (including phenoxy) is 1. The molecule has 0 bridgehead atoms. The van der Waals surface area contributed by atoms with E-state index in [1.165, 1.54) is 17.0 Å². The Kier molecular flexibility index (Phi) is 6.94. The first kappa shape index (κ1) is 23.4. The molecule has 0 saturated heterocycles. The summed E-state index contributed by atoms with van der Waals surface area (Å²) in [7, 11) is 0. The number of nitrogens with zero attached hydrogens (tertiary/aromatic N) is 4. The van der Waals surface area contributed by atoms with E-state index in [0.717, 1.165) is 5.56 Å². The summed E-state index contributed by atoms with van der Waals surface area (Å²) in [5, 5.41) is 14.7. The van der Waals surface area contributed by atoms with Gasteiger partial charge >= 0.3 is 5.97 Å². The smallest absolute Gasteiger partial charge is 0.357 e. The van der Waals surface area contributed by atoms with E-state index in [1.54, 1.807) is 36.4 Å². The number of carbonyl (C=O) groups excluding carboxylic acids is 2. The van der Waals surface area contributed by atoms with E-state index in [2.05, 4.69) is 20.8 Å². The number of anilines is 1. The SMILES string of the molecule is O=C(OCc1ccc(C(=O)Nc2ccccc2)cc1)/C(=C/c1ccco1)n1nnnc1-c1ccccc1. The number of hydrogen-bond donors (Lipinski definition) is 1. The Labute approximate surface area is 212 Å². The van der Waals surface area contributed by atoms with Crippen molar-refractivity contribution >= 4 is 29.3 Å². The number of esters is 1. The second-order valence-electron chi connectivity index (χ2n) is 7.92. The molecule has 0 saturated carbocycles. The molecule has 2 aromatic heterocycles. The van der Waals surface area contributed by atoms with Crippen LogP contribution in [0.3, 0.4) is 0 Å². The molecule has 2 heterocycles. The summed E-state index contributed by atoms with van der Waals surface area (Å²) in [6, 6.07) is 28.7. The summed E-state index contributed by atoms with van der Waals surface area (Å²) in [6.45, 7) is -0.0162. The van der Waals surface area contributed by atoms with Gasteiger partial charge in [0.25, 0.3) is 5.91 Å². The van der Waals surface area contributed by atoms with E-state index in [-0.39, 0.29) is 18.2 Å². The summed E-state index contributed by atoms with van der Waals surface area (Å²) in [6.07, 6.45) is 3.02. The molecular weight excluding hydrogens is 470 g/mol. The van der Waals surface area contributed by atoms with Crippen LogP contribution in [0.5, 0.6) is 0 Å². The average Bonchev–Trinajstić information content (AvgIpc) is 3.64. The molecule has 0 aliphatic rings. The normalized spacial score (nSPS) is 11.2. The van der Waals surface area contributed by atoms with Gasteiger partial charge in [0.05, 0.1) is 6.26 Å². The highest BCUT2D eigenvalue weighted by atomic mass is 16.5. The van der Waals surface area contributed by atoms with E-state index in [9.17, 15) is 9.59 Å². The van der Waals surface area contributed by atoms with Crippen molar-refractivity contribution in [1.29, 1.82) is 0 Å². The number of aromatic nitrogens is 4. The second-order valence-corrected chi connectivity index (χ2v) is 7.92. The van der Waals surface area contributed by atoms with Crippen LogP contribution in [0.2, 0.25) is 0 Å². The summed E-state index contributed by atoms with van der Waals surface area (Å²) in [4.78, 5) is 25.7. The van der Waals surface area contributed by atoms with Crippen LogP contribution < -0.4 is 5.32 Å². The van der Waals surface area contributed by atoms with Crippen molar-refractivity contribution in [1.82, 2.24) is 20.2 Å². The van der Waals surface area contributed by atoms with Crippen molar-refractivity contribution in [3.63, 3.8) is 0 Å². The van der Waals surface area contributed by atoms with Crippen LogP contribution in [-0.2, 0) is 16.1 Å². The lowest BCUT2D eigenvalue weighted by Crippen LogP contribution is -2.15. The van der Waals surface area contributed by atoms with Crippen LogP contribution in [-0.4, -0.2) is 32.1 Å². The first-order chi connectivity index (χ1) is 18.2. The van der Waals surface area contributed by atoms with Gasteiger partial charge in [-0.25, -0.2) is 4.79 Å². The van der Waals surface area contributed by atoms with Crippen molar-refractivity contribution in [3.05, 3.63) is 120 Å². The van der Waals surface area contributed by atoms with E-state index < -0.39 is 5.97 Å². The lowest BCUT2D eigenvalue weighted by molar-refractivity contribution is -0.138. The number of para-hydroxylation sites is 1. The lowest BCUT2D eigenvalue weighted by atomic mass is 10.1. The molecule has 0 fully saturated rings. The third-order valence-electron chi connectivity index (χ3n) is 5.38. The molecule has 182 valence electrons. The molecule has 9 heteroatoms. The predicted octanol–water partition coefficient (Wildman–Crippen LogP) is 4.93. The van der Waals surface area contributed by atoms with Gasteiger partial charge in [-0.05, 0) is 52.4 Å². The Bertz CT molecular complexity index is 1510. The van der Waals surface area contributed by atoms with Gasteiger partial charge in [-0.15, -0.1) is 5.10 Å². The molecule has 1 amide bonds. The largest absolute Gasteiger partial charge is 0.465 e. The number of benzene rings is 3. The molecule has 0 atom stereocenters. The zero-order valence-corrected chi connectivity index (χ0v) is 19.5. The lowest BCUT2D eigenvalue weighted by Gasteiger charge is -2.10. The van der Waals surface area contributed by atoms with Crippen LogP contribution in [0.4, 0.5) is 5.69 Å². The molecule has 0 aliphatic heterocycles. The molecule has 0 aliphatic carbocycles. The number of furan rings is 1. The minimum Gasteiger partial charge on any atom is -0.465 e. The van der Waals surface area contributed by atoms with Crippen LogP contribution >= 0.6 is 0 Å². The molecule has 0 spiro atoms. The molecule has 0 radical (unpaired) electrons. The molecule has 3 aromatic carbocycles. The fraction of sp³-hybridized carbons (Fsp3) is 0.0357. The minimum absolute atomic E-state index is 0.0162. The zero-order chi connectivity index (χ0) is 25.5. The fourth-order valence-electron chi connectivity index (χ4n) is 3.53. The Morgan fingerprint density at radius 3 is 2.32 bits per heavy atom. The van der Waals surface area contributed by atoms with Gasteiger partial charge in [0.15, 0.2) is 11.5 Å². The Morgan fingerprint density at radius 2 is 1.62 bits per heavy atom. The van der Waals surface area contributed by atoms with Crippen molar-refractivity contribution in [2.45, 2.75) is 6.61 Å². The van der Waals surface area contributed by atoms with E-state index in [0.29, 0.717) is 28.4 Å². The maximum Gasteiger partial charge on any atom is 0.357 e. The summed E-state index contributed by atoms with van der Waals surface area (Å²) < 4.78 is 12.3. The second kappa shape index (κ2) is 11.0. The van der Waals surface area contributed by atoms with Crippen molar-refractivity contribution < 1.29 is 18.7 Å². The van der Waals surface area contributed by atoms with E-state index in [4.69, 9.17) is 9.15 Å². The molecule has 9 nitrogen and oxygen atoms in total. The van der Waals surface area contributed by atoms with Gasteiger partial charge in [0.2, 0.25) is 0 Å². The quantitative estimate of drug-likeness (QED) is 0.242. The van der Waals surface area contributed by atoms with Gasteiger partial charge in [0.1, 0.15) is 12.4 Å². The molecule has 5 rings (SSSR count). The number of tetrazole rings is 1. The summed E-state index contributed by atoms with van der Waals surface area (Å²) in [5.41, 5.74) is 2.71. The Balaban J connectivity index is 1.31. The van der Waals surface area contributed by atoms with Crippen LogP contribution in [0, 0.1) is 0 Å². The molecule has 37 heavy (non-hydrogen) atoms. The number of rotatable bonds is 8. The van der Waals surface area contributed by atoms with Gasteiger partial charge < -0.3 is 14.5 Å². The van der Waals surface area contributed by atoms with Crippen LogP contribution in [0.15, 0.2) is 108 Å². The number of hydrogen-bond acceptors (Lipinski definition) is 7. The molecular formula is C28H21N5O4. The van der Waals surface area contributed by atoms with Crippen LogP contribution in [0.1, 0.15) is 21.7 Å². The number of amides is 1. The van der Waals surface area contributed by atoms with Gasteiger partial charge in [-0.1, -0.05) is 60.7 Å². The standard InChI is InChI=1S/C28H21N5O4/c34-27(29-23-10-5-2-6-11-23)22-15-13-20(14-16-22)19-37-28(35)25(18-24-12-7-17-36-24)33-26(30-31-32-33)21-8-3-1-4-9-21/h1-18H,19H2,(H,29,34)/b25-18-. The van der Waals surface area contributed by atoms with E-state index in [1.807, 2.05) is 60.7 Å². The topological polar surface area (TPSA) is 112 Å². The van der Waals surface area contributed by atoms with E-state index >= 15 is 0 Å². The average molecular weight is 492 g/mol. The summed E-state index contributed by atoms with van der Waals surface area (Å²) >= 11 is 0. The monoisotopic (exact) mass is 491 g/mol. The first-order valence-corrected chi connectivity index (χ1v) is 11.4. The highest BCUT2D eigenvalue weighted by Gasteiger charge is 2.21. The highest BCUT2D eigenvalue weighted by molar-refractivity contribution is 6.15.